The van der Waals surface area contributed by atoms with Gasteiger partial charge in [0.15, 0.2) is 0 Å². The Hall–Kier alpha value is -3.41. The van der Waals surface area contributed by atoms with Crippen LogP contribution in [0, 0.1) is 13.8 Å². The summed E-state index contributed by atoms with van der Waals surface area (Å²) in [5.41, 5.74) is 4.81. The maximum atomic E-state index is 11.6. The number of ether oxygens (including phenoxy) is 1. The van der Waals surface area contributed by atoms with Gasteiger partial charge in [-0.2, -0.15) is 0 Å². The molecule has 0 unspecified atom stereocenters. The summed E-state index contributed by atoms with van der Waals surface area (Å²) in [6.45, 7) is 6.07. The average molecular weight is 376 g/mol. The highest BCUT2D eigenvalue weighted by atomic mass is 16.5. The Morgan fingerprint density at radius 2 is 1.68 bits per heavy atom. The smallest absolute Gasteiger partial charge is 0.337 e. The first-order chi connectivity index (χ1) is 13.5. The van der Waals surface area contributed by atoms with Gasteiger partial charge in [0.1, 0.15) is 17.5 Å². The minimum atomic E-state index is -0.360. The molecule has 2 N–H and O–H groups in total. The highest BCUT2D eigenvalue weighted by Crippen LogP contribution is 2.26. The van der Waals surface area contributed by atoms with Crippen molar-refractivity contribution in [3.63, 3.8) is 0 Å². The SMILES string of the molecule is CCc1cccc(C)c1Nc1cc(Nc2ccc(C(=O)OC)cc2)nc(C)n1. The summed E-state index contributed by atoms with van der Waals surface area (Å²) >= 11 is 0. The van der Waals surface area contributed by atoms with Crippen LogP contribution in [0.3, 0.4) is 0 Å². The van der Waals surface area contributed by atoms with Gasteiger partial charge in [0.05, 0.1) is 12.7 Å². The van der Waals surface area contributed by atoms with Crippen LogP contribution in [-0.2, 0) is 11.2 Å². The zero-order valence-electron chi connectivity index (χ0n) is 16.5. The molecule has 1 heterocycles. The molecule has 3 aromatic rings. The number of hydrogen-bond donors (Lipinski definition) is 2. The molecule has 1 aromatic heterocycles. The average Bonchev–Trinajstić information content (AvgIpc) is 2.69. The van der Waals surface area contributed by atoms with Crippen molar-refractivity contribution in [1.29, 1.82) is 0 Å². The Labute approximate surface area is 165 Å². The molecule has 6 nitrogen and oxygen atoms in total. The van der Waals surface area contributed by atoms with Crippen LogP contribution < -0.4 is 10.6 Å². The third kappa shape index (κ3) is 4.46. The van der Waals surface area contributed by atoms with Crippen molar-refractivity contribution in [1.82, 2.24) is 9.97 Å². The third-order valence-corrected chi connectivity index (χ3v) is 4.41. The van der Waals surface area contributed by atoms with Crippen LogP contribution in [0.2, 0.25) is 0 Å². The van der Waals surface area contributed by atoms with E-state index in [1.807, 2.05) is 25.1 Å². The largest absolute Gasteiger partial charge is 0.465 e. The fourth-order valence-electron chi connectivity index (χ4n) is 2.98. The number of para-hydroxylation sites is 1. The van der Waals surface area contributed by atoms with E-state index in [0.29, 0.717) is 17.2 Å². The van der Waals surface area contributed by atoms with Crippen LogP contribution in [0.25, 0.3) is 0 Å². The predicted molar refractivity (Wildman–Crippen MR) is 112 cm³/mol. The molecule has 144 valence electrons. The van der Waals surface area contributed by atoms with Crippen LogP contribution >= 0.6 is 0 Å². The number of rotatable bonds is 6. The van der Waals surface area contributed by atoms with Crippen molar-refractivity contribution in [2.75, 3.05) is 17.7 Å². The van der Waals surface area contributed by atoms with E-state index in [2.05, 4.69) is 52.6 Å². The lowest BCUT2D eigenvalue weighted by atomic mass is 10.1. The zero-order valence-corrected chi connectivity index (χ0v) is 16.5. The molecule has 0 aliphatic heterocycles. The first kappa shape index (κ1) is 19.4. The number of methoxy groups -OCH3 is 1. The third-order valence-electron chi connectivity index (χ3n) is 4.41. The molecule has 28 heavy (non-hydrogen) atoms. The second-order valence-corrected chi connectivity index (χ2v) is 6.47. The molecule has 0 spiro atoms. The van der Waals surface area contributed by atoms with E-state index in [1.165, 1.54) is 18.2 Å². The molecule has 0 saturated carbocycles. The zero-order chi connectivity index (χ0) is 20.1. The molecule has 0 fully saturated rings. The summed E-state index contributed by atoms with van der Waals surface area (Å²) in [4.78, 5) is 20.5. The van der Waals surface area contributed by atoms with Crippen molar-refractivity contribution in [2.45, 2.75) is 27.2 Å². The first-order valence-corrected chi connectivity index (χ1v) is 9.16. The monoisotopic (exact) mass is 376 g/mol. The molecule has 0 amide bonds. The second-order valence-electron chi connectivity index (χ2n) is 6.47. The fourth-order valence-corrected chi connectivity index (χ4v) is 2.98. The molecular weight excluding hydrogens is 352 g/mol. The van der Waals surface area contributed by atoms with Gasteiger partial charge in [-0.05, 0) is 55.7 Å². The molecule has 0 radical (unpaired) electrons. The van der Waals surface area contributed by atoms with Gasteiger partial charge in [-0.25, -0.2) is 14.8 Å². The Morgan fingerprint density at radius 3 is 2.32 bits per heavy atom. The quantitative estimate of drug-likeness (QED) is 0.594. The molecule has 0 atom stereocenters. The van der Waals surface area contributed by atoms with Crippen molar-refractivity contribution in [3.05, 3.63) is 71.0 Å². The number of anilines is 4. The number of nitrogens with zero attached hydrogens (tertiary/aromatic N) is 2. The molecule has 2 aromatic carbocycles. The van der Waals surface area contributed by atoms with Gasteiger partial charge in [0.2, 0.25) is 0 Å². The molecule has 3 rings (SSSR count). The lowest BCUT2D eigenvalue weighted by Gasteiger charge is -2.15. The summed E-state index contributed by atoms with van der Waals surface area (Å²) in [5, 5.41) is 6.69. The number of carbonyl (C=O) groups is 1. The first-order valence-electron chi connectivity index (χ1n) is 9.16. The number of carbonyl (C=O) groups excluding carboxylic acids is 1. The lowest BCUT2D eigenvalue weighted by Crippen LogP contribution is -2.04. The molecule has 0 aliphatic rings. The van der Waals surface area contributed by atoms with Crippen molar-refractivity contribution < 1.29 is 9.53 Å². The van der Waals surface area contributed by atoms with Gasteiger partial charge >= 0.3 is 5.97 Å². The Kier molecular flexibility index (Phi) is 5.89. The summed E-state index contributed by atoms with van der Waals surface area (Å²) < 4.78 is 4.72. The molecule has 0 bridgehead atoms. The predicted octanol–water partition coefficient (Wildman–Crippen LogP) is 4.93. The van der Waals surface area contributed by atoms with E-state index in [4.69, 9.17) is 4.74 Å². The van der Waals surface area contributed by atoms with E-state index in [1.54, 1.807) is 12.1 Å². The fraction of sp³-hybridized carbons (Fsp3) is 0.227. The molecular formula is C22H24N4O2. The lowest BCUT2D eigenvalue weighted by molar-refractivity contribution is 0.0601. The van der Waals surface area contributed by atoms with Gasteiger partial charge in [0.25, 0.3) is 0 Å². The molecule has 0 saturated heterocycles. The summed E-state index contributed by atoms with van der Waals surface area (Å²) in [6.07, 6.45) is 0.936. The maximum Gasteiger partial charge on any atom is 0.337 e. The van der Waals surface area contributed by atoms with Crippen molar-refractivity contribution in [2.24, 2.45) is 0 Å². The minimum absolute atomic E-state index is 0.360. The maximum absolute atomic E-state index is 11.6. The summed E-state index contributed by atoms with van der Waals surface area (Å²) in [7, 11) is 1.37. The second kappa shape index (κ2) is 8.52. The van der Waals surface area contributed by atoms with Crippen LogP contribution in [-0.4, -0.2) is 23.0 Å². The van der Waals surface area contributed by atoms with Crippen molar-refractivity contribution in [3.8, 4) is 0 Å². The van der Waals surface area contributed by atoms with Crippen molar-refractivity contribution >= 4 is 29.0 Å². The number of aromatic nitrogens is 2. The van der Waals surface area contributed by atoms with E-state index in [0.717, 1.165) is 23.6 Å². The number of esters is 1. The Bertz CT molecular complexity index is 984. The highest BCUT2D eigenvalue weighted by molar-refractivity contribution is 5.89. The highest BCUT2D eigenvalue weighted by Gasteiger charge is 2.09. The normalized spacial score (nSPS) is 10.4. The van der Waals surface area contributed by atoms with E-state index < -0.39 is 0 Å². The van der Waals surface area contributed by atoms with E-state index >= 15 is 0 Å². The van der Waals surface area contributed by atoms with Crippen LogP contribution in [0.1, 0.15) is 34.2 Å². The number of nitrogens with one attached hydrogen (secondary N) is 2. The summed E-state index contributed by atoms with van der Waals surface area (Å²) in [5.74, 6) is 1.70. The van der Waals surface area contributed by atoms with Crippen LogP contribution in [0.4, 0.5) is 23.0 Å². The molecule has 0 aliphatic carbocycles. The minimum Gasteiger partial charge on any atom is -0.465 e. The topological polar surface area (TPSA) is 76.1 Å². The Morgan fingerprint density at radius 1 is 1.00 bits per heavy atom. The van der Waals surface area contributed by atoms with Gasteiger partial charge in [0, 0.05) is 17.4 Å². The van der Waals surface area contributed by atoms with Gasteiger partial charge < -0.3 is 15.4 Å². The number of hydrogen-bond acceptors (Lipinski definition) is 6. The van der Waals surface area contributed by atoms with Crippen LogP contribution in [0.15, 0.2) is 48.5 Å². The Balaban J connectivity index is 1.83. The van der Waals surface area contributed by atoms with E-state index in [-0.39, 0.29) is 5.97 Å². The van der Waals surface area contributed by atoms with E-state index in [9.17, 15) is 4.79 Å². The van der Waals surface area contributed by atoms with Gasteiger partial charge in [-0.3, -0.25) is 0 Å². The summed E-state index contributed by atoms with van der Waals surface area (Å²) in [6, 6.07) is 15.2. The number of benzene rings is 2. The van der Waals surface area contributed by atoms with Crippen LogP contribution in [0.5, 0.6) is 0 Å². The standard InChI is InChI=1S/C22H24N4O2/c1-5-16-8-6-7-14(2)21(16)26-20-13-19(23-15(3)24-20)25-18-11-9-17(10-12-18)22(27)28-4/h6-13H,5H2,1-4H3,(H2,23,24,25,26). The molecule has 6 heteroatoms. The van der Waals surface area contributed by atoms with Gasteiger partial charge in [-0.15, -0.1) is 0 Å². The van der Waals surface area contributed by atoms with Gasteiger partial charge in [-0.1, -0.05) is 25.1 Å². The number of aryl methyl sites for hydroxylation is 3.